The molecular formula is C18H17ClN4O2. The van der Waals surface area contributed by atoms with Gasteiger partial charge in [-0.3, -0.25) is 4.99 Å². The lowest BCUT2D eigenvalue weighted by atomic mass is 9.96. The van der Waals surface area contributed by atoms with Crippen LogP contribution in [0.2, 0.25) is 5.02 Å². The van der Waals surface area contributed by atoms with Gasteiger partial charge in [-0.15, -0.1) is 0 Å². The van der Waals surface area contributed by atoms with Gasteiger partial charge in [0.2, 0.25) is 0 Å². The SMILES string of the molecule is CCOC(=O)C1=C(C)NC(c2ncccn2)=NC1c1ccc(Cl)cc1. The number of nitrogens with zero attached hydrogens (tertiary/aromatic N) is 3. The molecule has 0 aliphatic carbocycles. The van der Waals surface area contributed by atoms with Crippen LogP contribution in [0.1, 0.15) is 31.3 Å². The molecule has 0 saturated carbocycles. The highest BCUT2D eigenvalue weighted by Gasteiger charge is 2.31. The molecule has 1 aliphatic heterocycles. The minimum atomic E-state index is -0.517. The highest BCUT2D eigenvalue weighted by Crippen LogP contribution is 2.32. The van der Waals surface area contributed by atoms with Gasteiger partial charge in [0, 0.05) is 23.1 Å². The molecule has 6 nitrogen and oxygen atoms in total. The van der Waals surface area contributed by atoms with Crippen LogP contribution >= 0.6 is 11.6 Å². The summed E-state index contributed by atoms with van der Waals surface area (Å²) in [7, 11) is 0. The Balaban J connectivity index is 2.07. The Morgan fingerprint density at radius 1 is 1.24 bits per heavy atom. The Kier molecular flexibility index (Phi) is 5.09. The van der Waals surface area contributed by atoms with Crippen LogP contribution < -0.4 is 5.32 Å². The van der Waals surface area contributed by atoms with Gasteiger partial charge in [-0.25, -0.2) is 14.8 Å². The van der Waals surface area contributed by atoms with Crippen LogP contribution in [-0.2, 0) is 9.53 Å². The van der Waals surface area contributed by atoms with Gasteiger partial charge >= 0.3 is 5.97 Å². The minimum Gasteiger partial charge on any atom is -0.463 e. The summed E-state index contributed by atoms with van der Waals surface area (Å²) in [5.41, 5.74) is 1.96. The molecule has 1 aromatic heterocycles. The summed E-state index contributed by atoms with van der Waals surface area (Å²) < 4.78 is 5.20. The average molecular weight is 357 g/mol. The fraction of sp³-hybridized carbons (Fsp3) is 0.222. The Hall–Kier alpha value is -2.73. The zero-order valence-electron chi connectivity index (χ0n) is 13.9. The van der Waals surface area contributed by atoms with Crippen LogP contribution in [0, 0.1) is 0 Å². The highest BCUT2D eigenvalue weighted by atomic mass is 35.5. The van der Waals surface area contributed by atoms with Crippen LogP contribution in [0.3, 0.4) is 0 Å². The van der Waals surface area contributed by atoms with Gasteiger partial charge in [0.15, 0.2) is 11.7 Å². The maximum Gasteiger partial charge on any atom is 0.338 e. The molecule has 1 atom stereocenters. The van der Waals surface area contributed by atoms with Crippen molar-refractivity contribution < 1.29 is 9.53 Å². The number of carbonyl (C=O) groups is 1. The molecular weight excluding hydrogens is 340 g/mol. The molecule has 0 saturated heterocycles. The van der Waals surface area contributed by atoms with Gasteiger partial charge in [-0.2, -0.15) is 0 Å². The molecule has 1 unspecified atom stereocenters. The van der Waals surface area contributed by atoms with Crippen molar-refractivity contribution >= 4 is 23.4 Å². The maximum atomic E-state index is 12.5. The molecule has 0 radical (unpaired) electrons. The molecule has 3 rings (SSSR count). The Morgan fingerprint density at radius 2 is 1.92 bits per heavy atom. The number of hydrogen-bond acceptors (Lipinski definition) is 6. The van der Waals surface area contributed by atoms with E-state index < -0.39 is 12.0 Å². The summed E-state index contributed by atoms with van der Waals surface area (Å²) in [6.07, 6.45) is 3.29. The topological polar surface area (TPSA) is 76.5 Å². The van der Waals surface area contributed by atoms with Crippen molar-refractivity contribution in [2.75, 3.05) is 6.61 Å². The van der Waals surface area contributed by atoms with Crippen LogP contribution in [0.4, 0.5) is 0 Å². The molecule has 0 bridgehead atoms. The standard InChI is InChI=1S/C18H17ClN4O2/c1-3-25-18(24)14-11(2)22-17(16-20-9-4-10-21-16)23-15(14)12-5-7-13(19)8-6-12/h4-10,15H,3H2,1-2H3,(H,22,23). The second-order valence-corrected chi connectivity index (χ2v) is 5.82. The zero-order chi connectivity index (χ0) is 17.8. The van der Waals surface area contributed by atoms with Crippen molar-refractivity contribution in [2.45, 2.75) is 19.9 Å². The van der Waals surface area contributed by atoms with Gasteiger partial charge in [-0.05, 0) is 37.6 Å². The molecule has 1 N–H and O–H groups in total. The lowest BCUT2D eigenvalue weighted by Gasteiger charge is -2.25. The molecule has 0 fully saturated rings. The monoisotopic (exact) mass is 356 g/mol. The van der Waals surface area contributed by atoms with E-state index in [0.717, 1.165) is 5.56 Å². The molecule has 25 heavy (non-hydrogen) atoms. The third kappa shape index (κ3) is 3.69. The number of hydrogen-bond donors (Lipinski definition) is 1. The Morgan fingerprint density at radius 3 is 2.56 bits per heavy atom. The molecule has 1 aliphatic rings. The number of benzene rings is 1. The molecule has 1 aromatic carbocycles. The normalized spacial score (nSPS) is 16.9. The first-order valence-electron chi connectivity index (χ1n) is 7.85. The lowest BCUT2D eigenvalue weighted by Crippen LogP contribution is -2.33. The van der Waals surface area contributed by atoms with E-state index in [1.165, 1.54) is 0 Å². The largest absolute Gasteiger partial charge is 0.463 e. The van der Waals surface area contributed by atoms with E-state index in [9.17, 15) is 4.79 Å². The van der Waals surface area contributed by atoms with E-state index in [4.69, 9.17) is 16.3 Å². The Bertz CT molecular complexity index is 832. The van der Waals surface area contributed by atoms with E-state index >= 15 is 0 Å². The van der Waals surface area contributed by atoms with Crippen molar-refractivity contribution in [3.63, 3.8) is 0 Å². The number of ether oxygens (including phenoxy) is 1. The van der Waals surface area contributed by atoms with Crippen molar-refractivity contribution in [3.05, 3.63) is 70.4 Å². The summed E-state index contributed by atoms with van der Waals surface area (Å²) >= 11 is 5.98. The van der Waals surface area contributed by atoms with Gasteiger partial charge in [0.05, 0.1) is 12.2 Å². The van der Waals surface area contributed by atoms with Crippen molar-refractivity contribution in [3.8, 4) is 0 Å². The fourth-order valence-electron chi connectivity index (χ4n) is 2.57. The summed E-state index contributed by atoms with van der Waals surface area (Å²) in [4.78, 5) is 25.6. The third-order valence-electron chi connectivity index (χ3n) is 3.70. The first-order valence-corrected chi connectivity index (χ1v) is 8.23. The molecule has 2 aromatic rings. The van der Waals surface area contributed by atoms with Crippen molar-refractivity contribution in [1.82, 2.24) is 15.3 Å². The summed E-state index contributed by atoms with van der Waals surface area (Å²) in [6.45, 7) is 3.88. The van der Waals surface area contributed by atoms with Gasteiger partial charge in [-0.1, -0.05) is 23.7 Å². The van der Waals surface area contributed by atoms with Crippen molar-refractivity contribution in [1.29, 1.82) is 0 Å². The number of aliphatic imine (C=N–C) groups is 1. The van der Waals surface area contributed by atoms with E-state index in [1.807, 2.05) is 19.1 Å². The second kappa shape index (κ2) is 7.44. The fourth-order valence-corrected chi connectivity index (χ4v) is 2.70. The van der Waals surface area contributed by atoms with Crippen LogP contribution in [0.15, 0.2) is 59.0 Å². The van der Waals surface area contributed by atoms with Crippen molar-refractivity contribution in [2.24, 2.45) is 4.99 Å². The zero-order valence-corrected chi connectivity index (χ0v) is 14.6. The van der Waals surface area contributed by atoms with Gasteiger partial charge < -0.3 is 10.1 Å². The van der Waals surface area contributed by atoms with Gasteiger partial charge in [0.1, 0.15) is 6.04 Å². The molecule has 2 heterocycles. The molecule has 0 spiro atoms. The van der Waals surface area contributed by atoms with E-state index in [0.29, 0.717) is 34.6 Å². The summed E-state index contributed by atoms with van der Waals surface area (Å²) in [6, 6.07) is 8.44. The van der Waals surface area contributed by atoms with E-state index in [1.54, 1.807) is 37.5 Å². The molecule has 7 heteroatoms. The highest BCUT2D eigenvalue weighted by molar-refractivity contribution is 6.30. The maximum absolute atomic E-state index is 12.5. The number of nitrogens with one attached hydrogen (secondary N) is 1. The lowest BCUT2D eigenvalue weighted by molar-refractivity contribution is -0.138. The number of rotatable bonds is 4. The first kappa shape index (κ1) is 17.1. The second-order valence-electron chi connectivity index (χ2n) is 5.39. The number of carbonyl (C=O) groups excluding carboxylic acids is 1. The number of allylic oxidation sites excluding steroid dienone is 1. The molecule has 128 valence electrons. The number of esters is 1. The van der Waals surface area contributed by atoms with Crippen LogP contribution in [0.25, 0.3) is 0 Å². The molecule has 0 amide bonds. The van der Waals surface area contributed by atoms with E-state index in [2.05, 4.69) is 20.3 Å². The van der Waals surface area contributed by atoms with Crippen LogP contribution in [-0.4, -0.2) is 28.4 Å². The smallest absolute Gasteiger partial charge is 0.338 e. The number of amidine groups is 1. The Labute approximate surface area is 150 Å². The summed E-state index contributed by atoms with van der Waals surface area (Å²) in [5.74, 6) is 0.569. The predicted octanol–water partition coefficient (Wildman–Crippen LogP) is 3.06. The first-order chi connectivity index (χ1) is 12.1. The summed E-state index contributed by atoms with van der Waals surface area (Å²) in [5, 5.41) is 3.73. The van der Waals surface area contributed by atoms with E-state index in [-0.39, 0.29) is 0 Å². The quantitative estimate of drug-likeness (QED) is 0.852. The number of aromatic nitrogens is 2. The number of halogens is 1. The van der Waals surface area contributed by atoms with Crippen LogP contribution in [0.5, 0.6) is 0 Å². The van der Waals surface area contributed by atoms with Gasteiger partial charge in [0.25, 0.3) is 0 Å². The average Bonchev–Trinajstić information content (AvgIpc) is 2.62. The third-order valence-corrected chi connectivity index (χ3v) is 3.95. The minimum absolute atomic E-state index is 0.293. The predicted molar refractivity (Wildman–Crippen MR) is 95.2 cm³/mol.